The SMILES string of the molecule is COC(=O)[C@@H]1C[C@]23CC[C@@]14Nc1ccccc1[C@@]41CCN(CC[C@@H]2OC)[C@@H]31. The number of para-hydroxylation sites is 1. The molecule has 0 radical (unpaired) electrons. The maximum Gasteiger partial charge on any atom is 0.311 e. The third-order valence-electron chi connectivity index (χ3n) is 8.99. The van der Waals surface area contributed by atoms with Crippen molar-refractivity contribution in [3.63, 3.8) is 0 Å². The van der Waals surface area contributed by atoms with Gasteiger partial charge in [0.1, 0.15) is 0 Å². The maximum atomic E-state index is 13.1. The molecule has 144 valence electrons. The molecule has 5 heteroatoms. The van der Waals surface area contributed by atoms with E-state index in [2.05, 4.69) is 34.5 Å². The highest BCUT2D eigenvalue weighted by Gasteiger charge is 2.80. The predicted octanol–water partition coefficient (Wildman–Crippen LogP) is 2.55. The van der Waals surface area contributed by atoms with Crippen molar-refractivity contribution >= 4 is 11.7 Å². The van der Waals surface area contributed by atoms with E-state index in [0.717, 1.165) is 45.2 Å². The average molecular weight is 368 g/mol. The fourth-order valence-corrected chi connectivity index (χ4v) is 8.33. The van der Waals surface area contributed by atoms with Crippen molar-refractivity contribution in [2.45, 2.75) is 55.2 Å². The van der Waals surface area contributed by atoms with Gasteiger partial charge in [0.05, 0.1) is 24.7 Å². The molecule has 1 aromatic carbocycles. The summed E-state index contributed by atoms with van der Waals surface area (Å²) in [6.45, 7) is 2.22. The zero-order chi connectivity index (χ0) is 18.4. The van der Waals surface area contributed by atoms with E-state index in [9.17, 15) is 4.79 Å². The monoisotopic (exact) mass is 368 g/mol. The lowest BCUT2D eigenvalue weighted by Crippen LogP contribution is -2.79. The van der Waals surface area contributed by atoms with E-state index in [1.807, 2.05) is 7.11 Å². The van der Waals surface area contributed by atoms with Crippen molar-refractivity contribution in [2.75, 3.05) is 32.6 Å². The lowest BCUT2D eigenvalue weighted by Gasteiger charge is -2.70. The van der Waals surface area contributed by atoms with Crippen LogP contribution in [0.3, 0.4) is 0 Å². The normalized spacial score (nSPS) is 46.4. The first-order valence-electron chi connectivity index (χ1n) is 10.4. The number of fused-ring (bicyclic) bond motifs is 3. The average Bonchev–Trinajstić information content (AvgIpc) is 3.25. The first-order valence-corrected chi connectivity index (χ1v) is 10.4. The Labute approximate surface area is 160 Å². The van der Waals surface area contributed by atoms with Crippen LogP contribution in [0.1, 0.15) is 37.7 Å². The number of carbonyl (C=O) groups is 1. The number of benzene rings is 1. The Kier molecular flexibility index (Phi) is 3.07. The minimum absolute atomic E-state index is 0.0177. The number of nitrogens with zero attached hydrogens (tertiary/aromatic N) is 1. The number of rotatable bonds is 2. The van der Waals surface area contributed by atoms with Crippen molar-refractivity contribution in [2.24, 2.45) is 11.3 Å². The first kappa shape index (κ1) is 16.4. The minimum Gasteiger partial charge on any atom is -0.469 e. The van der Waals surface area contributed by atoms with E-state index in [4.69, 9.17) is 9.47 Å². The van der Waals surface area contributed by atoms with Crippen LogP contribution >= 0.6 is 0 Å². The molecule has 27 heavy (non-hydrogen) atoms. The summed E-state index contributed by atoms with van der Waals surface area (Å²) in [5, 5.41) is 3.92. The zero-order valence-corrected chi connectivity index (χ0v) is 16.2. The second-order valence-corrected chi connectivity index (χ2v) is 9.33. The lowest BCUT2D eigenvalue weighted by molar-refractivity contribution is -0.201. The van der Waals surface area contributed by atoms with Gasteiger partial charge >= 0.3 is 5.97 Å². The van der Waals surface area contributed by atoms with Crippen molar-refractivity contribution in [1.29, 1.82) is 0 Å². The van der Waals surface area contributed by atoms with Crippen LogP contribution in [0.4, 0.5) is 5.69 Å². The van der Waals surface area contributed by atoms with Crippen LogP contribution in [0.2, 0.25) is 0 Å². The summed E-state index contributed by atoms with van der Waals surface area (Å²) in [4.78, 5) is 15.8. The lowest BCUT2D eigenvalue weighted by atomic mass is 9.38. The number of hydrogen-bond acceptors (Lipinski definition) is 5. The molecule has 0 aromatic heterocycles. The molecule has 1 N–H and O–H groups in total. The summed E-state index contributed by atoms with van der Waals surface area (Å²) >= 11 is 0. The highest BCUT2D eigenvalue weighted by atomic mass is 16.5. The van der Waals surface area contributed by atoms with E-state index >= 15 is 0 Å². The molecular formula is C22H28N2O3. The molecule has 5 nitrogen and oxygen atoms in total. The molecule has 6 aliphatic rings. The Hall–Kier alpha value is -1.59. The Balaban J connectivity index is 1.64. The standard InChI is InChI=1S/C22H28N2O3/c1-26-17-7-11-24-12-10-21-14-5-3-4-6-16(14)23-22(21)9-8-20(17,19(21)24)13-15(22)18(25)27-2/h3-6,15,17,19,23H,7-13H2,1-2H3/t15-,17-,19-,20+,21+,22+/m0/s1. The van der Waals surface area contributed by atoms with E-state index in [-0.39, 0.29) is 34.4 Å². The van der Waals surface area contributed by atoms with Gasteiger partial charge in [0.2, 0.25) is 0 Å². The van der Waals surface area contributed by atoms with Crippen molar-refractivity contribution in [1.82, 2.24) is 4.90 Å². The van der Waals surface area contributed by atoms with Crippen LogP contribution in [0.15, 0.2) is 24.3 Å². The smallest absolute Gasteiger partial charge is 0.311 e. The molecule has 3 aliphatic heterocycles. The Morgan fingerprint density at radius 2 is 2.04 bits per heavy atom. The Morgan fingerprint density at radius 1 is 1.19 bits per heavy atom. The minimum atomic E-state index is -0.222. The molecule has 3 saturated carbocycles. The fourth-order valence-electron chi connectivity index (χ4n) is 8.33. The zero-order valence-electron chi connectivity index (χ0n) is 16.2. The van der Waals surface area contributed by atoms with Crippen molar-refractivity contribution in [3.05, 3.63) is 29.8 Å². The molecule has 0 unspecified atom stereocenters. The summed E-state index contributed by atoms with van der Waals surface area (Å²) in [5.41, 5.74) is 2.46. The van der Waals surface area contributed by atoms with E-state index in [0.29, 0.717) is 6.04 Å². The molecule has 0 amide bonds. The van der Waals surface area contributed by atoms with Crippen molar-refractivity contribution in [3.8, 4) is 0 Å². The number of nitrogens with one attached hydrogen (secondary N) is 1. The van der Waals surface area contributed by atoms with Crippen LogP contribution in [0, 0.1) is 11.3 Å². The van der Waals surface area contributed by atoms with Gasteiger partial charge in [-0.15, -0.1) is 0 Å². The van der Waals surface area contributed by atoms with Gasteiger partial charge in [-0.05, 0) is 50.3 Å². The Bertz CT molecular complexity index is 828. The molecule has 3 aliphatic carbocycles. The van der Waals surface area contributed by atoms with Crippen LogP contribution in [-0.4, -0.2) is 55.9 Å². The van der Waals surface area contributed by atoms with E-state index in [1.54, 1.807) is 7.11 Å². The second-order valence-electron chi connectivity index (χ2n) is 9.33. The summed E-state index contributed by atoms with van der Waals surface area (Å²) < 4.78 is 11.5. The molecule has 2 saturated heterocycles. The van der Waals surface area contributed by atoms with Gasteiger partial charge in [0, 0.05) is 36.2 Å². The van der Waals surface area contributed by atoms with Crippen LogP contribution < -0.4 is 5.32 Å². The largest absolute Gasteiger partial charge is 0.469 e. The molecule has 6 atom stereocenters. The number of ether oxygens (including phenoxy) is 2. The summed E-state index contributed by atoms with van der Waals surface area (Å²) in [6, 6.07) is 9.23. The number of hydrogen-bond donors (Lipinski definition) is 1. The molecular weight excluding hydrogens is 340 g/mol. The second kappa shape index (κ2) is 5.06. The third kappa shape index (κ3) is 1.57. The van der Waals surface area contributed by atoms with Gasteiger partial charge < -0.3 is 14.8 Å². The van der Waals surface area contributed by atoms with Crippen LogP contribution in [-0.2, 0) is 19.7 Å². The molecule has 5 fully saturated rings. The summed E-state index contributed by atoms with van der Waals surface area (Å²) in [6.07, 6.45) is 5.44. The molecule has 3 heterocycles. The number of carbonyl (C=O) groups excluding carboxylic acids is 1. The highest BCUT2D eigenvalue weighted by molar-refractivity contribution is 5.80. The van der Waals surface area contributed by atoms with Gasteiger partial charge in [-0.25, -0.2) is 0 Å². The van der Waals surface area contributed by atoms with Gasteiger partial charge in [0.15, 0.2) is 0 Å². The molecule has 2 bridgehead atoms. The van der Waals surface area contributed by atoms with E-state index < -0.39 is 0 Å². The molecule has 3 spiro atoms. The van der Waals surface area contributed by atoms with E-state index in [1.165, 1.54) is 11.3 Å². The van der Waals surface area contributed by atoms with Gasteiger partial charge in [0.25, 0.3) is 0 Å². The highest BCUT2D eigenvalue weighted by Crippen LogP contribution is 2.74. The maximum absolute atomic E-state index is 13.1. The number of esters is 1. The quantitative estimate of drug-likeness (QED) is 0.813. The molecule has 7 rings (SSSR count). The fraction of sp³-hybridized carbons (Fsp3) is 0.682. The van der Waals surface area contributed by atoms with Gasteiger partial charge in [-0.3, -0.25) is 9.69 Å². The van der Waals surface area contributed by atoms with Crippen LogP contribution in [0.5, 0.6) is 0 Å². The predicted molar refractivity (Wildman–Crippen MR) is 102 cm³/mol. The molecule has 1 aromatic rings. The number of methoxy groups -OCH3 is 2. The van der Waals surface area contributed by atoms with Gasteiger partial charge in [-0.2, -0.15) is 0 Å². The summed E-state index contributed by atoms with van der Waals surface area (Å²) in [7, 11) is 3.40. The topological polar surface area (TPSA) is 50.8 Å². The van der Waals surface area contributed by atoms with Crippen LogP contribution in [0.25, 0.3) is 0 Å². The van der Waals surface area contributed by atoms with Crippen molar-refractivity contribution < 1.29 is 14.3 Å². The Morgan fingerprint density at radius 3 is 2.85 bits per heavy atom. The number of piperidine rings is 1. The van der Waals surface area contributed by atoms with Gasteiger partial charge in [-0.1, -0.05) is 18.2 Å². The first-order chi connectivity index (χ1) is 13.1. The summed E-state index contributed by atoms with van der Waals surface area (Å²) in [5.74, 6) is -0.165. The number of anilines is 1. The third-order valence-corrected chi connectivity index (χ3v) is 8.99.